The highest BCUT2D eigenvalue weighted by Crippen LogP contribution is 2.44. The molecule has 8 heteroatoms. The Bertz CT molecular complexity index is 649. The fourth-order valence-corrected chi connectivity index (χ4v) is 7.09. The molecule has 27 heavy (non-hydrogen) atoms. The van der Waals surface area contributed by atoms with Gasteiger partial charge in [0.05, 0.1) is 23.7 Å². The van der Waals surface area contributed by atoms with Crippen molar-refractivity contribution in [3.05, 3.63) is 0 Å². The summed E-state index contributed by atoms with van der Waals surface area (Å²) in [5, 5.41) is 7.11. The Morgan fingerprint density at radius 3 is 2.70 bits per heavy atom. The molecule has 5 atom stereocenters. The Morgan fingerprint density at radius 1 is 1.26 bits per heavy atom. The van der Waals surface area contributed by atoms with Crippen LogP contribution in [0.25, 0.3) is 0 Å². The number of fused-ring (bicyclic) bond motifs is 2. The lowest BCUT2D eigenvalue weighted by atomic mass is 9.95. The molecule has 2 heterocycles. The molecule has 0 aromatic carbocycles. The summed E-state index contributed by atoms with van der Waals surface area (Å²) in [6, 6.07) is 0.518. The summed E-state index contributed by atoms with van der Waals surface area (Å²) in [6.45, 7) is 4.31. The summed E-state index contributed by atoms with van der Waals surface area (Å²) in [4.78, 5) is 4.84. The van der Waals surface area contributed by atoms with Gasteiger partial charge in [0.1, 0.15) is 0 Å². The monoisotopic (exact) mass is 511 g/mol. The molecule has 156 valence electrons. The van der Waals surface area contributed by atoms with Gasteiger partial charge in [-0.15, -0.1) is 24.0 Å². The van der Waals surface area contributed by atoms with E-state index in [4.69, 9.17) is 9.73 Å². The van der Waals surface area contributed by atoms with Crippen LogP contribution in [0.2, 0.25) is 0 Å². The molecule has 2 saturated heterocycles. The summed E-state index contributed by atoms with van der Waals surface area (Å²) in [5.41, 5.74) is -0.153. The van der Waals surface area contributed by atoms with Crippen molar-refractivity contribution < 1.29 is 13.2 Å². The van der Waals surface area contributed by atoms with E-state index in [-0.39, 0.29) is 35.5 Å². The number of rotatable bonds is 5. The van der Waals surface area contributed by atoms with Gasteiger partial charge in [0.2, 0.25) is 0 Å². The minimum Gasteiger partial charge on any atom is -0.373 e. The number of nitrogens with zero attached hydrogens (tertiary/aromatic N) is 1. The smallest absolute Gasteiger partial charge is 0.191 e. The molecule has 2 N–H and O–H groups in total. The van der Waals surface area contributed by atoms with Crippen LogP contribution in [0.5, 0.6) is 0 Å². The zero-order valence-corrected chi connectivity index (χ0v) is 19.4. The Kier molecular flexibility index (Phi) is 6.99. The predicted molar refractivity (Wildman–Crippen MR) is 118 cm³/mol. The first-order chi connectivity index (χ1) is 12.4. The van der Waals surface area contributed by atoms with Gasteiger partial charge in [-0.2, -0.15) is 0 Å². The van der Waals surface area contributed by atoms with Crippen molar-refractivity contribution in [2.24, 2.45) is 22.7 Å². The van der Waals surface area contributed by atoms with Crippen LogP contribution in [-0.2, 0) is 14.6 Å². The second-order valence-corrected chi connectivity index (χ2v) is 11.4. The van der Waals surface area contributed by atoms with Crippen molar-refractivity contribution in [3.63, 3.8) is 0 Å². The average molecular weight is 511 g/mol. The standard InChI is InChI=1S/C19H33N3O3S.HI/c1-19(6-2-7-25-19)13-21-18(20-11-15-5-8-26(23,24)12-15)22-17-10-14-3-4-16(17)9-14;/h14-17H,2-13H2,1H3,(H2,20,21,22);1H. The number of ether oxygens (including phenoxy) is 1. The molecule has 0 amide bonds. The van der Waals surface area contributed by atoms with Crippen molar-refractivity contribution in [1.82, 2.24) is 10.6 Å². The number of halogens is 1. The highest BCUT2D eigenvalue weighted by Gasteiger charge is 2.40. The van der Waals surface area contributed by atoms with E-state index in [1.165, 1.54) is 25.7 Å². The van der Waals surface area contributed by atoms with Crippen molar-refractivity contribution in [2.75, 3.05) is 31.2 Å². The van der Waals surface area contributed by atoms with Crippen LogP contribution in [-0.4, -0.2) is 57.2 Å². The van der Waals surface area contributed by atoms with Gasteiger partial charge in [-0.3, -0.25) is 4.99 Å². The lowest BCUT2D eigenvalue weighted by Gasteiger charge is -2.27. The van der Waals surface area contributed by atoms with Crippen molar-refractivity contribution >= 4 is 39.8 Å². The molecule has 2 saturated carbocycles. The van der Waals surface area contributed by atoms with Gasteiger partial charge < -0.3 is 15.4 Å². The number of guanidine groups is 1. The van der Waals surface area contributed by atoms with E-state index in [1.54, 1.807) is 0 Å². The Hall–Kier alpha value is -0.0900. The largest absolute Gasteiger partial charge is 0.373 e. The van der Waals surface area contributed by atoms with E-state index >= 15 is 0 Å². The van der Waals surface area contributed by atoms with Crippen LogP contribution in [0.15, 0.2) is 4.99 Å². The maximum atomic E-state index is 11.7. The van der Waals surface area contributed by atoms with E-state index in [0.29, 0.717) is 30.6 Å². The van der Waals surface area contributed by atoms with Crippen molar-refractivity contribution in [1.29, 1.82) is 0 Å². The molecule has 2 aliphatic heterocycles. The van der Waals surface area contributed by atoms with Crippen LogP contribution >= 0.6 is 24.0 Å². The van der Waals surface area contributed by atoms with Crippen LogP contribution < -0.4 is 10.6 Å². The SMILES string of the molecule is CC1(CN=C(NCC2CCS(=O)(=O)C2)NC2CC3CCC2C3)CCCO1.I. The molecule has 0 aromatic rings. The topological polar surface area (TPSA) is 79.8 Å². The van der Waals surface area contributed by atoms with Gasteiger partial charge in [0, 0.05) is 19.2 Å². The lowest BCUT2D eigenvalue weighted by molar-refractivity contribution is 0.0283. The molecule has 4 aliphatic rings. The normalized spacial score (nSPS) is 40.1. The van der Waals surface area contributed by atoms with Gasteiger partial charge >= 0.3 is 0 Å². The highest BCUT2D eigenvalue weighted by atomic mass is 127. The summed E-state index contributed by atoms with van der Waals surface area (Å²) in [5.74, 6) is 3.35. The minimum atomic E-state index is -2.83. The van der Waals surface area contributed by atoms with E-state index in [9.17, 15) is 8.42 Å². The number of hydrogen-bond acceptors (Lipinski definition) is 4. The van der Waals surface area contributed by atoms with Crippen molar-refractivity contribution in [3.8, 4) is 0 Å². The molecule has 2 bridgehead atoms. The second-order valence-electron chi connectivity index (χ2n) is 9.14. The average Bonchev–Trinajstić information content (AvgIpc) is 3.36. The molecule has 4 rings (SSSR count). The highest BCUT2D eigenvalue weighted by molar-refractivity contribution is 14.0. The van der Waals surface area contributed by atoms with Crippen LogP contribution in [0.1, 0.15) is 51.9 Å². The molecule has 6 nitrogen and oxygen atoms in total. The predicted octanol–water partition coefficient (Wildman–Crippen LogP) is 2.33. The molecule has 0 aromatic heterocycles. The summed E-state index contributed by atoms with van der Waals surface area (Å²) < 4.78 is 29.3. The fraction of sp³-hybridized carbons (Fsp3) is 0.947. The number of aliphatic imine (C=N–C) groups is 1. The molecule has 2 aliphatic carbocycles. The third-order valence-corrected chi connectivity index (χ3v) is 8.65. The van der Waals surface area contributed by atoms with E-state index < -0.39 is 9.84 Å². The van der Waals surface area contributed by atoms with Crippen LogP contribution in [0.3, 0.4) is 0 Å². The Balaban J connectivity index is 0.00000210. The zero-order chi connectivity index (χ0) is 18.2. The quantitative estimate of drug-likeness (QED) is 0.337. The Morgan fingerprint density at radius 2 is 2.11 bits per heavy atom. The van der Waals surface area contributed by atoms with Gasteiger partial charge in [-0.25, -0.2) is 8.42 Å². The van der Waals surface area contributed by atoms with E-state index in [2.05, 4.69) is 17.6 Å². The summed E-state index contributed by atoms with van der Waals surface area (Å²) in [6.07, 6.45) is 8.24. The van der Waals surface area contributed by atoms with Gasteiger partial charge in [0.15, 0.2) is 15.8 Å². The lowest BCUT2D eigenvalue weighted by Crippen LogP contribution is -2.47. The van der Waals surface area contributed by atoms with E-state index in [1.807, 2.05) is 0 Å². The molecule has 4 fully saturated rings. The van der Waals surface area contributed by atoms with Crippen LogP contribution in [0, 0.1) is 17.8 Å². The third kappa shape index (κ3) is 5.50. The summed E-state index contributed by atoms with van der Waals surface area (Å²) in [7, 11) is -2.83. The molecule has 5 unspecified atom stereocenters. The molecular formula is C19H34IN3O3S. The minimum absolute atomic E-state index is 0. The maximum Gasteiger partial charge on any atom is 0.191 e. The molecular weight excluding hydrogens is 477 g/mol. The third-order valence-electron chi connectivity index (χ3n) is 6.82. The first-order valence-corrected chi connectivity index (χ1v) is 12.1. The van der Waals surface area contributed by atoms with Gasteiger partial charge in [-0.1, -0.05) is 6.42 Å². The van der Waals surface area contributed by atoms with Crippen molar-refractivity contribution in [2.45, 2.75) is 63.5 Å². The maximum absolute atomic E-state index is 11.7. The van der Waals surface area contributed by atoms with Crippen LogP contribution in [0.4, 0.5) is 0 Å². The number of nitrogens with one attached hydrogen (secondary N) is 2. The first kappa shape index (κ1) is 21.6. The fourth-order valence-electron chi connectivity index (χ4n) is 5.23. The number of hydrogen-bond donors (Lipinski definition) is 2. The zero-order valence-electron chi connectivity index (χ0n) is 16.3. The second kappa shape index (κ2) is 8.73. The van der Waals surface area contributed by atoms with Gasteiger partial charge in [0.25, 0.3) is 0 Å². The van der Waals surface area contributed by atoms with Gasteiger partial charge in [-0.05, 0) is 63.2 Å². The molecule has 0 spiro atoms. The summed E-state index contributed by atoms with van der Waals surface area (Å²) >= 11 is 0. The number of sulfone groups is 1. The van der Waals surface area contributed by atoms with E-state index in [0.717, 1.165) is 43.7 Å². The molecule has 0 radical (unpaired) electrons. The Labute approximate surface area is 180 Å². The first-order valence-electron chi connectivity index (χ1n) is 10.3.